The van der Waals surface area contributed by atoms with Crippen molar-refractivity contribution in [3.63, 3.8) is 0 Å². The van der Waals surface area contributed by atoms with E-state index >= 15 is 0 Å². The standard InChI is InChI=1S/C15H13BrO3/c16-13-6-3-4-11(8-13)10-19-14-7-2-1-5-12(14)9-15(17)18/h1-8H,9-10H2,(H,17,18). The molecule has 0 fully saturated rings. The smallest absolute Gasteiger partial charge is 0.307 e. The van der Waals surface area contributed by atoms with Crippen LogP contribution in [-0.4, -0.2) is 11.1 Å². The first-order valence-electron chi connectivity index (χ1n) is 5.82. The predicted octanol–water partition coefficient (Wildman–Crippen LogP) is 3.66. The molecular formula is C15H13BrO3. The lowest BCUT2D eigenvalue weighted by molar-refractivity contribution is -0.136. The molecule has 4 heteroatoms. The minimum Gasteiger partial charge on any atom is -0.489 e. The monoisotopic (exact) mass is 320 g/mol. The molecule has 2 rings (SSSR count). The summed E-state index contributed by atoms with van der Waals surface area (Å²) in [5.41, 5.74) is 1.71. The highest BCUT2D eigenvalue weighted by atomic mass is 79.9. The van der Waals surface area contributed by atoms with Crippen LogP contribution in [0.15, 0.2) is 53.0 Å². The Kier molecular flexibility index (Phi) is 4.58. The average Bonchev–Trinajstić information content (AvgIpc) is 2.37. The Bertz CT molecular complexity index is 581. The van der Waals surface area contributed by atoms with Crippen molar-refractivity contribution >= 4 is 21.9 Å². The Morgan fingerprint density at radius 2 is 1.95 bits per heavy atom. The van der Waals surface area contributed by atoms with Gasteiger partial charge >= 0.3 is 5.97 Å². The van der Waals surface area contributed by atoms with E-state index in [4.69, 9.17) is 9.84 Å². The zero-order chi connectivity index (χ0) is 13.7. The van der Waals surface area contributed by atoms with E-state index in [-0.39, 0.29) is 6.42 Å². The van der Waals surface area contributed by atoms with Gasteiger partial charge in [0, 0.05) is 10.0 Å². The molecule has 0 unspecified atom stereocenters. The van der Waals surface area contributed by atoms with Gasteiger partial charge in [-0.05, 0) is 23.8 Å². The molecule has 0 bridgehead atoms. The van der Waals surface area contributed by atoms with E-state index in [1.54, 1.807) is 12.1 Å². The summed E-state index contributed by atoms with van der Waals surface area (Å²) in [6.07, 6.45) is -0.0331. The van der Waals surface area contributed by atoms with Gasteiger partial charge in [0.25, 0.3) is 0 Å². The normalized spacial score (nSPS) is 10.2. The SMILES string of the molecule is O=C(O)Cc1ccccc1OCc1cccc(Br)c1. The molecule has 0 radical (unpaired) electrons. The van der Waals surface area contributed by atoms with E-state index in [0.29, 0.717) is 17.9 Å². The molecule has 98 valence electrons. The van der Waals surface area contributed by atoms with Crippen LogP contribution in [0.3, 0.4) is 0 Å². The van der Waals surface area contributed by atoms with Crippen LogP contribution in [0, 0.1) is 0 Å². The van der Waals surface area contributed by atoms with Crippen LogP contribution in [0.2, 0.25) is 0 Å². The van der Waals surface area contributed by atoms with Gasteiger partial charge < -0.3 is 9.84 Å². The minimum absolute atomic E-state index is 0.0331. The van der Waals surface area contributed by atoms with Crippen LogP contribution in [0.1, 0.15) is 11.1 Å². The van der Waals surface area contributed by atoms with E-state index < -0.39 is 5.97 Å². The van der Waals surface area contributed by atoms with Gasteiger partial charge in [-0.25, -0.2) is 0 Å². The van der Waals surface area contributed by atoms with Crippen LogP contribution in [0.4, 0.5) is 0 Å². The molecule has 0 aliphatic heterocycles. The van der Waals surface area contributed by atoms with Gasteiger partial charge in [0.1, 0.15) is 12.4 Å². The van der Waals surface area contributed by atoms with Crippen molar-refractivity contribution in [3.05, 3.63) is 64.1 Å². The van der Waals surface area contributed by atoms with Crippen molar-refractivity contribution in [2.45, 2.75) is 13.0 Å². The van der Waals surface area contributed by atoms with Crippen LogP contribution < -0.4 is 4.74 Å². The Morgan fingerprint density at radius 3 is 2.68 bits per heavy atom. The highest BCUT2D eigenvalue weighted by Gasteiger charge is 2.07. The van der Waals surface area contributed by atoms with Crippen LogP contribution >= 0.6 is 15.9 Å². The molecule has 0 amide bonds. The second-order valence-electron chi connectivity index (χ2n) is 4.10. The van der Waals surface area contributed by atoms with Crippen molar-refractivity contribution in [2.75, 3.05) is 0 Å². The molecule has 0 aliphatic carbocycles. The third-order valence-corrected chi connectivity index (χ3v) is 3.09. The van der Waals surface area contributed by atoms with Crippen molar-refractivity contribution in [1.82, 2.24) is 0 Å². The maximum absolute atomic E-state index is 10.8. The van der Waals surface area contributed by atoms with E-state index in [2.05, 4.69) is 15.9 Å². The molecule has 19 heavy (non-hydrogen) atoms. The third kappa shape index (κ3) is 4.10. The zero-order valence-electron chi connectivity index (χ0n) is 10.2. The number of hydrogen-bond acceptors (Lipinski definition) is 2. The van der Waals surface area contributed by atoms with E-state index in [9.17, 15) is 4.79 Å². The first-order valence-corrected chi connectivity index (χ1v) is 6.61. The summed E-state index contributed by atoms with van der Waals surface area (Å²) < 4.78 is 6.69. The quantitative estimate of drug-likeness (QED) is 0.914. The minimum atomic E-state index is -0.862. The fourth-order valence-electron chi connectivity index (χ4n) is 1.74. The number of benzene rings is 2. The fraction of sp³-hybridized carbons (Fsp3) is 0.133. The van der Waals surface area contributed by atoms with Crippen molar-refractivity contribution in [2.24, 2.45) is 0 Å². The molecular weight excluding hydrogens is 308 g/mol. The number of carboxylic acid groups (broad SMARTS) is 1. The lowest BCUT2D eigenvalue weighted by atomic mass is 10.1. The number of halogens is 1. The molecule has 0 saturated carbocycles. The summed E-state index contributed by atoms with van der Waals surface area (Å²) in [5, 5.41) is 8.85. The number of rotatable bonds is 5. The first-order chi connectivity index (χ1) is 9.15. The fourth-order valence-corrected chi connectivity index (χ4v) is 2.19. The van der Waals surface area contributed by atoms with Crippen LogP contribution in [0.25, 0.3) is 0 Å². The molecule has 2 aromatic carbocycles. The number of hydrogen-bond donors (Lipinski definition) is 1. The largest absolute Gasteiger partial charge is 0.489 e. The summed E-state index contributed by atoms with van der Waals surface area (Å²) in [4.78, 5) is 10.8. The Balaban J connectivity index is 2.09. The van der Waals surface area contributed by atoms with Gasteiger partial charge in [-0.15, -0.1) is 0 Å². The van der Waals surface area contributed by atoms with Gasteiger partial charge in [-0.1, -0.05) is 46.3 Å². The summed E-state index contributed by atoms with van der Waals surface area (Å²) in [5.74, 6) is -0.247. The van der Waals surface area contributed by atoms with Crippen molar-refractivity contribution in [3.8, 4) is 5.75 Å². The van der Waals surface area contributed by atoms with Gasteiger partial charge in [-0.2, -0.15) is 0 Å². The van der Waals surface area contributed by atoms with Gasteiger partial charge in [0.05, 0.1) is 6.42 Å². The molecule has 0 heterocycles. The first kappa shape index (κ1) is 13.6. The molecule has 0 spiro atoms. The molecule has 0 aliphatic rings. The maximum Gasteiger partial charge on any atom is 0.307 e. The Labute approximate surface area is 120 Å². The van der Waals surface area contributed by atoms with Gasteiger partial charge in [0.2, 0.25) is 0 Å². The van der Waals surface area contributed by atoms with E-state index in [1.165, 1.54) is 0 Å². The van der Waals surface area contributed by atoms with E-state index in [0.717, 1.165) is 10.0 Å². The highest BCUT2D eigenvalue weighted by molar-refractivity contribution is 9.10. The summed E-state index contributed by atoms with van der Waals surface area (Å²) >= 11 is 3.40. The van der Waals surface area contributed by atoms with Crippen molar-refractivity contribution < 1.29 is 14.6 Å². The molecule has 3 nitrogen and oxygen atoms in total. The highest BCUT2D eigenvalue weighted by Crippen LogP contribution is 2.20. The predicted molar refractivity (Wildman–Crippen MR) is 76.3 cm³/mol. The Hall–Kier alpha value is -1.81. The molecule has 0 aromatic heterocycles. The third-order valence-electron chi connectivity index (χ3n) is 2.60. The maximum atomic E-state index is 10.8. The molecule has 0 atom stereocenters. The molecule has 0 saturated heterocycles. The number of aliphatic carboxylic acids is 1. The van der Waals surface area contributed by atoms with Gasteiger partial charge in [-0.3, -0.25) is 4.79 Å². The summed E-state index contributed by atoms with van der Waals surface area (Å²) in [7, 11) is 0. The topological polar surface area (TPSA) is 46.5 Å². The van der Waals surface area contributed by atoms with E-state index in [1.807, 2.05) is 36.4 Å². The lowest BCUT2D eigenvalue weighted by Crippen LogP contribution is -2.04. The molecule has 2 aromatic rings. The number of ether oxygens (including phenoxy) is 1. The average molecular weight is 321 g/mol. The lowest BCUT2D eigenvalue weighted by Gasteiger charge is -2.10. The summed E-state index contributed by atoms with van der Waals surface area (Å²) in [6.45, 7) is 0.413. The van der Waals surface area contributed by atoms with Crippen molar-refractivity contribution in [1.29, 1.82) is 0 Å². The summed E-state index contributed by atoms with van der Waals surface area (Å²) in [6, 6.07) is 15.0. The van der Waals surface area contributed by atoms with Crippen LogP contribution in [0.5, 0.6) is 5.75 Å². The Morgan fingerprint density at radius 1 is 1.16 bits per heavy atom. The van der Waals surface area contributed by atoms with Crippen LogP contribution in [-0.2, 0) is 17.8 Å². The zero-order valence-corrected chi connectivity index (χ0v) is 11.8. The number of carboxylic acids is 1. The molecule has 1 N–H and O–H groups in total. The van der Waals surface area contributed by atoms with Gasteiger partial charge in [0.15, 0.2) is 0 Å². The second-order valence-corrected chi connectivity index (χ2v) is 5.01. The number of carbonyl (C=O) groups is 1. The number of para-hydroxylation sites is 1. The second kappa shape index (κ2) is 6.38.